The summed E-state index contributed by atoms with van der Waals surface area (Å²) in [6.45, 7) is 6.44. The number of carbonyl (C=O) groups excluding carboxylic acids is 2. The minimum atomic E-state index is -1.65. The van der Waals surface area contributed by atoms with Gasteiger partial charge in [-0.05, 0) is 56.4 Å². The molecule has 1 aromatic heterocycles. The summed E-state index contributed by atoms with van der Waals surface area (Å²) in [4.78, 5) is 26.2. The first-order valence-corrected chi connectivity index (χ1v) is 15.8. The second-order valence-corrected chi connectivity index (χ2v) is 12.9. The van der Waals surface area contributed by atoms with Crippen molar-refractivity contribution in [1.82, 2.24) is 5.32 Å². The molecule has 1 aromatic carbocycles. The number of benzene rings is 1. The molecule has 0 spiro atoms. The third kappa shape index (κ3) is 5.34. The molecule has 0 unspecified atom stereocenters. The highest BCUT2D eigenvalue weighted by molar-refractivity contribution is 5.97. The average molecular weight is 618 g/mol. The van der Waals surface area contributed by atoms with Crippen LogP contribution in [0, 0.1) is 17.8 Å². The van der Waals surface area contributed by atoms with Gasteiger partial charge in [-0.15, -0.1) is 0 Å². The number of aliphatic hydroxyl groups is 4. The van der Waals surface area contributed by atoms with Crippen LogP contribution >= 0.6 is 0 Å². The maximum absolute atomic E-state index is 13.2. The van der Waals surface area contributed by atoms with Crippen LogP contribution in [0.15, 0.2) is 10.7 Å². The molecule has 44 heavy (non-hydrogen) atoms. The van der Waals surface area contributed by atoms with Crippen LogP contribution in [-0.2, 0) is 25.5 Å². The van der Waals surface area contributed by atoms with Gasteiger partial charge in [0.05, 0.1) is 32.0 Å². The summed E-state index contributed by atoms with van der Waals surface area (Å²) in [5.41, 5.74) is 2.94. The fraction of sp³-hybridized carbons (Fsp3) is 0.688. The van der Waals surface area contributed by atoms with E-state index in [1.807, 2.05) is 0 Å². The van der Waals surface area contributed by atoms with Crippen LogP contribution in [0.3, 0.4) is 0 Å². The molecule has 5 N–H and O–H groups in total. The molecule has 12 nitrogen and oxygen atoms in total. The van der Waals surface area contributed by atoms with Gasteiger partial charge in [-0.1, -0.05) is 13.8 Å². The van der Waals surface area contributed by atoms with Gasteiger partial charge in [-0.2, -0.15) is 0 Å². The van der Waals surface area contributed by atoms with Gasteiger partial charge in [-0.3, -0.25) is 9.59 Å². The second-order valence-electron chi connectivity index (χ2n) is 12.9. The van der Waals surface area contributed by atoms with Crippen molar-refractivity contribution in [3.05, 3.63) is 23.0 Å². The highest BCUT2D eigenvalue weighted by atomic mass is 16.7. The van der Waals surface area contributed by atoms with Crippen LogP contribution < -0.4 is 14.8 Å². The molecular weight excluding hydrogens is 574 g/mol. The van der Waals surface area contributed by atoms with E-state index in [2.05, 4.69) is 19.2 Å². The topological polar surface area (TPSA) is 177 Å². The number of aliphatic hydroxyl groups excluding tert-OH is 4. The number of esters is 1. The Kier molecular flexibility index (Phi) is 8.82. The number of nitrogens with one attached hydrogen (secondary N) is 1. The molecule has 2 fully saturated rings. The summed E-state index contributed by atoms with van der Waals surface area (Å²) in [5, 5.41) is 45.4. The summed E-state index contributed by atoms with van der Waals surface area (Å²) in [5.74, 6) is -0.544. The van der Waals surface area contributed by atoms with E-state index in [9.17, 15) is 30.0 Å². The van der Waals surface area contributed by atoms with E-state index in [1.165, 1.54) is 0 Å². The Balaban J connectivity index is 1.52. The number of rotatable bonds is 10. The van der Waals surface area contributed by atoms with Gasteiger partial charge in [0.25, 0.3) is 0 Å². The number of hydrogen-bond donors (Lipinski definition) is 5. The Bertz CT molecular complexity index is 1390. The molecule has 2 aromatic rings. The minimum Gasteiger partial charge on any atom is -0.486 e. The van der Waals surface area contributed by atoms with E-state index in [-0.39, 0.29) is 54.2 Å². The Labute approximate surface area is 255 Å². The molecule has 2 aliphatic heterocycles. The largest absolute Gasteiger partial charge is 0.486 e. The molecule has 12 heteroatoms. The zero-order chi connectivity index (χ0) is 31.3. The van der Waals surface area contributed by atoms with Gasteiger partial charge in [0.2, 0.25) is 17.9 Å². The normalized spacial score (nSPS) is 32.7. The maximum Gasteiger partial charge on any atom is 0.309 e. The lowest BCUT2D eigenvalue weighted by atomic mass is 9.72. The van der Waals surface area contributed by atoms with Crippen LogP contribution in [0.5, 0.6) is 11.5 Å². The first-order valence-electron chi connectivity index (χ1n) is 15.8. The predicted octanol–water partition coefficient (Wildman–Crippen LogP) is 1.87. The van der Waals surface area contributed by atoms with E-state index in [0.29, 0.717) is 43.1 Å². The van der Waals surface area contributed by atoms with Crippen molar-refractivity contribution in [1.29, 1.82) is 0 Å². The van der Waals surface area contributed by atoms with Crippen molar-refractivity contribution in [2.24, 2.45) is 17.8 Å². The highest BCUT2D eigenvalue weighted by Gasteiger charge is 2.49. The van der Waals surface area contributed by atoms with Gasteiger partial charge in [-0.25, -0.2) is 0 Å². The summed E-state index contributed by atoms with van der Waals surface area (Å²) in [6.07, 6.45) is -2.89. The van der Waals surface area contributed by atoms with Crippen molar-refractivity contribution >= 4 is 22.8 Å². The molecule has 6 rings (SSSR count). The molecule has 242 valence electrons. The van der Waals surface area contributed by atoms with E-state index >= 15 is 0 Å². The van der Waals surface area contributed by atoms with E-state index in [4.69, 9.17) is 23.4 Å². The monoisotopic (exact) mass is 617 g/mol. The van der Waals surface area contributed by atoms with Gasteiger partial charge in [0.1, 0.15) is 24.4 Å². The molecule has 4 aliphatic rings. The van der Waals surface area contributed by atoms with Gasteiger partial charge < -0.3 is 49.1 Å². The fourth-order valence-electron chi connectivity index (χ4n) is 7.47. The molecule has 2 saturated heterocycles. The van der Waals surface area contributed by atoms with Crippen LogP contribution in [0.25, 0.3) is 11.0 Å². The lowest BCUT2D eigenvalue weighted by Gasteiger charge is -2.40. The summed E-state index contributed by atoms with van der Waals surface area (Å²) in [6, 6.07) is 0. The predicted molar refractivity (Wildman–Crippen MR) is 155 cm³/mol. The number of ether oxygens (including phenoxy) is 4. The number of carbonyl (C=O) groups is 2. The standard InChI is InChI=1S/C32H43NO11/c1-4-40-31(39)16-8-15-9-17-19(11-33-30(17)38)20-13-42-28-23(20)22(15)18(10-16)27(29(28)41-7-5-6-14(2)3)44-32-26(37)25(36)24(35)21(12-34)43-32/h13-17,19,21,24-26,32,34-37H,4-12H2,1-3H3,(H,33,38)/t15-,16-,17+,19-,21+,24+,25-,26+,32-/m0/s1. The third-order valence-corrected chi connectivity index (χ3v) is 9.66. The Hall–Kier alpha value is -2.90. The van der Waals surface area contributed by atoms with Crippen molar-refractivity contribution in [2.45, 2.75) is 95.4 Å². The number of amides is 1. The molecule has 0 saturated carbocycles. The summed E-state index contributed by atoms with van der Waals surface area (Å²) < 4.78 is 30.2. The number of fused-ring (bicyclic) bond motifs is 2. The minimum absolute atomic E-state index is 0.0279. The van der Waals surface area contributed by atoms with Gasteiger partial charge >= 0.3 is 5.97 Å². The lowest BCUT2D eigenvalue weighted by Crippen LogP contribution is -2.60. The number of furan rings is 1. The smallest absolute Gasteiger partial charge is 0.309 e. The fourth-order valence-corrected chi connectivity index (χ4v) is 7.47. The number of hydrogen-bond acceptors (Lipinski definition) is 11. The highest BCUT2D eigenvalue weighted by Crippen LogP contribution is 2.57. The molecule has 0 bridgehead atoms. The van der Waals surface area contributed by atoms with Crippen molar-refractivity contribution in [3.8, 4) is 11.5 Å². The van der Waals surface area contributed by atoms with Gasteiger partial charge in [0.15, 0.2) is 11.3 Å². The van der Waals surface area contributed by atoms with Crippen molar-refractivity contribution in [3.63, 3.8) is 0 Å². The van der Waals surface area contributed by atoms with Gasteiger partial charge in [0, 0.05) is 34.9 Å². The second kappa shape index (κ2) is 12.5. The van der Waals surface area contributed by atoms with Crippen LogP contribution in [0.1, 0.15) is 75.0 Å². The molecule has 0 radical (unpaired) electrons. The lowest BCUT2D eigenvalue weighted by molar-refractivity contribution is -0.277. The zero-order valence-electron chi connectivity index (χ0n) is 25.4. The molecular formula is C32H43NO11. The van der Waals surface area contributed by atoms with E-state index in [0.717, 1.165) is 29.4 Å². The quantitative estimate of drug-likeness (QED) is 0.194. The average Bonchev–Trinajstić information content (AvgIpc) is 3.55. The zero-order valence-corrected chi connectivity index (χ0v) is 25.4. The summed E-state index contributed by atoms with van der Waals surface area (Å²) >= 11 is 0. The molecule has 9 atom stereocenters. The van der Waals surface area contributed by atoms with Crippen LogP contribution in [0.4, 0.5) is 0 Å². The first-order chi connectivity index (χ1) is 21.1. The van der Waals surface area contributed by atoms with E-state index < -0.39 is 43.2 Å². The van der Waals surface area contributed by atoms with Crippen LogP contribution in [0.2, 0.25) is 0 Å². The van der Waals surface area contributed by atoms with Crippen molar-refractivity contribution in [2.75, 3.05) is 26.4 Å². The molecule has 2 aliphatic carbocycles. The third-order valence-electron chi connectivity index (χ3n) is 9.66. The SMILES string of the molecule is CCOC(=O)[C@@H]1Cc2c(O[C@@H]3O[C@H](CO)[C@@H](O)[C@H](O)[C@H]3O)c(OCCCC(C)C)c3occ4c3c2[C@@H](C1)C[C@H]1C(=O)NC[C@H]41. The van der Waals surface area contributed by atoms with Crippen LogP contribution in [-0.4, -0.2) is 89.4 Å². The molecule has 1 amide bonds. The maximum atomic E-state index is 13.2. The Morgan fingerprint density at radius 3 is 2.64 bits per heavy atom. The molecule has 3 heterocycles. The Morgan fingerprint density at radius 2 is 1.91 bits per heavy atom. The first kappa shape index (κ1) is 31.1. The Morgan fingerprint density at radius 1 is 1.11 bits per heavy atom. The van der Waals surface area contributed by atoms with E-state index in [1.54, 1.807) is 13.2 Å². The summed E-state index contributed by atoms with van der Waals surface area (Å²) in [7, 11) is 0. The van der Waals surface area contributed by atoms with Crippen molar-refractivity contribution < 1.29 is 53.4 Å².